The fraction of sp³-hybridized carbons (Fsp3) is 0.211. The number of halogens is 1. The van der Waals surface area contributed by atoms with Crippen LogP contribution in [0, 0.1) is 5.82 Å². The van der Waals surface area contributed by atoms with E-state index < -0.39 is 6.10 Å². The summed E-state index contributed by atoms with van der Waals surface area (Å²) in [6.45, 7) is 0.124. The average molecular weight is 329 g/mol. The zero-order valence-corrected chi connectivity index (χ0v) is 13.4. The van der Waals surface area contributed by atoms with Gasteiger partial charge in [-0.05, 0) is 35.4 Å². The molecule has 0 aliphatic carbocycles. The highest BCUT2D eigenvalue weighted by molar-refractivity contribution is 5.78. The SMILES string of the molecule is COc1ccc(C(O)CNC(=O)C/C=C/c2cccc(F)c2)cc1. The largest absolute Gasteiger partial charge is 0.497 e. The second kappa shape index (κ2) is 8.84. The third-order valence-corrected chi connectivity index (χ3v) is 3.46. The predicted octanol–water partition coefficient (Wildman–Crippen LogP) is 3.09. The fourth-order valence-corrected chi connectivity index (χ4v) is 2.14. The molecule has 0 aromatic heterocycles. The highest BCUT2D eigenvalue weighted by atomic mass is 19.1. The van der Waals surface area contributed by atoms with Crippen molar-refractivity contribution in [3.05, 3.63) is 71.6 Å². The summed E-state index contributed by atoms with van der Waals surface area (Å²) < 4.78 is 18.1. The Bertz CT molecular complexity index is 698. The molecule has 2 N–H and O–H groups in total. The molecule has 0 radical (unpaired) electrons. The van der Waals surface area contributed by atoms with Crippen molar-refractivity contribution in [2.24, 2.45) is 0 Å². The van der Waals surface area contributed by atoms with Crippen LogP contribution < -0.4 is 10.1 Å². The fourth-order valence-electron chi connectivity index (χ4n) is 2.14. The lowest BCUT2D eigenvalue weighted by Gasteiger charge is -2.12. The van der Waals surface area contributed by atoms with Gasteiger partial charge in [0.15, 0.2) is 0 Å². The minimum atomic E-state index is -0.785. The number of aliphatic hydroxyl groups excluding tert-OH is 1. The Balaban J connectivity index is 1.77. The van der Waals surface area contributed by atoms with Crippen molar-refractivity contribution in [2.75, 3.05) is 13.7 Å². The zero-order valence-electron chi connectivity index (χ0n) is 13.4. The summed E-state index contributed by atoms with van der Waals surface area (Å²) in [5.41, 5.74) is 1.40. The number of hydrogen-bond donors (Lipinski definition) is 2. The molecule has 0 heterocycles. The molecular weight excluding hydrogens is 309 g/mol. The van der Waals surface area contributed by atoms with Crippen molar-refractivity contribution in [3.63, 3.8) is 0 Å². The van der Waals surface area contributed by atoms with Crippen LogP contribution in [0.4, 0.5) is 4.39 Å². The number of carbonyl (C=O) groups is 1. The van der Waals surface area contributed by atoms with Gasteiger partial charge in [0.2, 0.25) is 5.91 Å². The van der Waals surface area contributed by atoms with Crippen molar-refractivity contribution in [2.45, 2.75) is 12.5 Å². The van der Waals surface area contributed by atoms with Crippen LogP contribution in [0.25, 0.3) is 6.08 Å². The molecule has 0 saturated carbocycles. The van der Waals surface area contributed by atoms with E-state index in [1.807, 2.05) is 0 Å². The maximum Gasteiger partial charge on any atom is 0.223 e. The summed E-state index contributed by atoms with van der Waals surface area (Å²) in [4.78, 5) is 11.8. The molecule has 0 spiro atoms. The van der Waals surface area contributed by atoms with E-state index in [9.17, 15) is 14.3 Å². The molecule has 0 aliphatic heterocycles. The smallest absolute Gasteiger partial charge is 0.223 e. The Labute approximate surface area is 140 Å². The molecule has 24 heavy (non-hydrogen) atoms. The van der Waals surface area contributed by atoms with Gasteiger partial charge in [-0.3, -0.25) is 4.79 Å². The number of ether oxygens (including phenoxy) is 1. The van der Waals surface area contributed by atoms with E-state index in [2.05, 4.69) is 5.32 Å². The molecule has 1 atom stereocenters. The molecule has 4 nitrogen and oxygen atoms in total. The lowest BCUT2D eigenvalue weighted by atomic mass is 10.1. The second-order valence-electron chi connectivity index (χ2n) is 5.25. The number of methoxy groups -OCH3 is 1. The zero-order chi connectivity index (χ0) is 17.4. The Kier molecular flexibility index (Phi) is 6.51. The van der Waals surface area contributed by atoms with Gasteiger partial charge < -0.3 is 15.2 Å². The topological polar surface area (TPSA) is 58.6 Å². The lowest BCUT2D eigenvalue weighted by Crippen LogP contribution is -2.27. The average Bonchev–Trinajstić information content (AvgIpc) is 2.60. The number of benzene rings is 2. The Hall–Kier alpha value is -2.66. The first-order chi connectivity index (χ1) is 11.6. The first kappa shape index (κ1) is 17.7. The van der Waals surface area contributed by atoms with Gasteiger partial charge in [-0.2, -0.15) is 0 Å². The molecule has 0 saturated heterocycles. The summed E-state index contributed by atoms with van der Waals surface area (Å²) in [6, 6.07) is 13.1. The van der Waals surface area contributed by atoms with Crippen molar-refractivity contribution >= 4 is 12.0 Å². The number of hydrogen-bond acceptors (Lipinski definition) is 3. The van der Waals surface area contributed by atoms with Gasteiger partial charge in [-0.25, -0.2) is 4.39 Å². The number of nitrogens with one attached hydrogen (secondary N) is 1. The molecular formula is C19H20FNO3. The normalized spacial score (nSPS) is 12.1. The molecule has 1 amide bonds. The number of rotatable bonds is 7. The third kappa shape index (κ3) is 5.52. The van der Waals surface area contributed by atoms with Gasteiger partial charge >= 0.3 is 0 Å². The van der Waals surface area contributed by atoms with Crippen LogP contribution in [-0.4, -0.2) is 24.7 Å². The van der Waals surface area contributed by atoms with Crippen molar-refractivity contribution in [1.29, 1.82) is 0 Å². The van der Waals surface area contributed by atoms with Gasteiger partial charge in [-0.15, -0.1) is 0 Å². The first-order valence-electron chi connectivity index (χ1n) is 7.59. The van der Waals surface area contributed by atoms with Gasteiger partial charge in [0.05, 0.1) is 13.2 Å². The van der Waals surface area contributed by atoms with Crippen LogP contribution >= 0.6 is 0 Å². The first-order valence-corrected chi connectivity index (χ1v) is 7.59. The van der Waals surface area contributed by atoms with E-state index in [-0.39, 0.29) is 24.7 Å². The van der Waals surface area contributed by atoms with Crippen LogP contribution in [0.3, 0.4) is 0 Å². The maximum absolute atomic E-state index is 13.0. The molecule has 0 fully saturated rings. The predicted molar refractivity (Wildman–Crippen MR) is 91.0 cm³/mol. The molecule has 0 aliphatic rings. The highest BCUT2D eigenvalue weighted by Gasteiger charge is 2.09. The van der Waals surface area contributed by atoms with E-state index in [4.69, 9.17) is 4.74 Å². The van der Waals surface area contributed by atoms with Crippen molar-refractivity contribution < 1.29 is 19.0 Å². The van der Waals surface area contributed by atoms with Gasteiger partial charge in [0, 0.05) is 13.0 Å². The lowest BCUT2D eigenvalue weighted by molar-refractivity contribution is -0.120. The van der Waals surface area contributed by atoms with E-state index in [0.29, 0.717) is 16.9 Å². The quantitative estimate of drug-likeness (QED) is 0.821. The van der Waals surface area contributed by atoms with E-state index >= 15 is 0 Å². The monoisotopic (exact) mass is 329 g/mol. The Morgan fingerprint density at radius 3 is 2.71 bits per heavy atom. The molecule has 2 rings (SSSR count). The maximum atomic E-state index is 13.0. The minimum Gasteiger partial charge on any atom is -0.497 e. The van der Waals surface area contributed by atoms with Gasteiger partial charge in [0.25, 0.3) is 0 Å². The second-order valence-corrected chi connectivity index (χ2v) is 5.25. The van der Waals surface area contributed by atoms with Crippen LogP contribution in [0.5, 0.6) is 5.75 Å². The van der Waals surface area contributed by atoms with Crippen molar-refractivity contribution in [1.82, 2.24) is 5.32 Å². The molecule has 0 bridgehead atoms. The van der Waals surface area contributed by atoms with E-state index in [0.717, 1.165) is 0 Å². The number of amides is 1. The van der Waals surface area contributed by atoms with E-state index in [1.165, 1.54) is 12.1 Å². The molecule has 2 aromatic carbocycles. The molecule has 2 aromatic rings. The summed E-state index contributed by atoms with van der Waals surface area (Å²) >= 11 is 0. The highest BCUT2D eigenvalue weighted by Crippen LogP contribution is 2.17. The minimum absolute atomic E-state index is 0.124. The summed E-state index contributed by atoms with van der Waals surface area (Å²) in [5, 5.41) is 12.7. The molecule has 1 unspecified atom stereocenters. The number of aliphatic hydroxyl groups is 1. The van der Waals surface area contributed by atoms with Gasteiger partial charge in [0.1, 0.15) is 11.6 Å². The summed E-state index contributed by atoms with van der Waals surface area (Å²) in [5.74, 6) is 0.178. The van der Waals surface area contributed by atoms with Gasteiger partial charge in [-0.1, -0.05) is 36.4 Å². The van der Waals surface area contributed by atoms with Crippen molar-refractivity contribution in [3.8, 4) is 5.75 Å². The Morgan fingerprint density at radius 2 is 2.04 bits per heavy atom. The summed E-state index contributed by atoms with van der Waals surface area (Å²) in [6.07, 6.45) is 2.71. The van der Waals surface area contributed by atoms with Crippen LogP contribution in [0.2, 0.25) is 0 Å². The molecule has 5 heteroatoms. The summed E-state index contributed by atoms with van der Waals surface area (Å²) in [7, 11) is 1.57. The molecule has 126 valence electrons. The third-order valence-electron chi connectivity index (χ3n) is 3.46. The number of carbonyl (C=O) groups excluding carboxylic acids is 1. The van der Waals surface area contributed by atoms with Crippen LogP contribution in [0.15, 0.2) is 54.6 Å². The van der Waals surface area contributed by atoms with Crippen LogP contribution in [-0.2, 0) is 4.79 Å². The van der Waals surface area contributed by atoms with E-state index in [1.54, 1.807) is 55.7 Å². The Morgan fingerprint density at radius 1 is 1.29 bits per heavy atom. The van der Waals surface area contributed by atoms with Crippen LogP contribution in [0.1, 0.15) is 23.7 Å². The standard InChI is InChI=1S/C19H20FNO3/c1-24-17-10-8-15(9-11-17)18(22)13-21-19(23)7-3-5-14-4-2-6-16(20)12-14/h2-6,8-12,18,22H,7,13H2,1H3,(H,21,23)/b5-3+.